The standard InChI is InChI=1S/C26H25N5O5/c1-14(32)28-10-22-21-8-17-7-15(3-5-20(17)31(21)25(34)36-22)16-4-6-23(29-9-16)26(13-27)18-11-30(12-19(18)26)24(33)35-2/h3-7,9,18-19,21-22H,8,10-12H2,1-2H3,(H,28,32)/t18-,19+,21-,22-,26+/m0/s1. The van der Waals surface area contributed by atoms with Gasteiger partial charge in [-0.15, -0.1) is 0 Å². The molecule has 3 aliphatic heterocycles. The Balaban J connectivity index is 1.20. The first-order chi connectivity index (χ1) is 17.4. The lowest BCUT2D eigenvalue weighted by Crippen LogP contribution is -2.40. The third kappa shape index (κ3) is 3.15. The van der Waals surface area contributed by atoms with Crippen molar-refractivity contribution in [3.8, 4) is 17.2 Å². The number of carbonyl (C=O) groups excluding carboxylic acids is 3. The number of ether oxygens (including phenoxy) is 2. The van der Waals surface area contributed by atoms with E-state index in [1.54, 1.807) is 16.0 Å². The highest BCUT2D eigenvalue weighted by Crippen LogP contribution is 2.62. The first kappa shape index (κ1) is 22.3. The van der Waals surface area contributed by atoms with Crippen LogP contribution >= 0.6 is 0 Å². The van der Waals surface area contributed by atoms with E-state index in [0.717, 1.165) is 28.1 Å². The van der Waals surface area contributed by atoms with Gasteiger partial charge in [0.15, 0.2) is 0 Å². The predicted molar refractivity (Wildman–Crippen MR) is 127 cm³/mol. The quantitative estimate of drug-likeness (QED) is 0.701. The molecule has 0 spiro atoms. The maximum Gasteiger partial charge on any atom is 0.415 e. The molecule has 5 atom stereocenters. The van der Waals surface area contributed by atoms with E-state index >= 15 is 0 Å². The largest absolute Gasteiger partial charge is 0.453 e. The van der Waals surface area contributed by atoms with Gasteiger partial charge in [0.25, 0.3) is 0 Å². The number of carbonyl (C=O) groups is 3. The maximum atomic E-state index is 12.5. The smallest absolute Gasteiger partial charge is 0.415 e. The van der Waals surface area contributed by atoms with Crippen LogP contribution in [0, 0.1) is 23.2 Å². The van der Waals surface area contributed by atoms with Crippen LogP contribution in [-0.2, 0) is 26.1 Å². The fourth-order valence-corrected chi connectivity index (χ4v) is 6.20. The molecule has 10 nitrogen and oxygen atoms in total. The Morgan fingerprint density at radius 1 is 1.25 bits per heavy atom. The summed E-state index contributed by atoms with van der Waals surface area (Å²) < 4.78 is 10.3. The number of nitrogens with zero attached hydrogens (tertiary/aromatic N) is 4. The Hall–Kier alpha value is -4.13. The molecule has 1 N–H and O–H groups in total. The molecular weight excluding hydrogens is 462 g/mol. The molecule has 3 fully saturated rings. The van der Waals surface area contributed by atoms with Crippen LogP contribution in [-0.4, -0.2) is 66.9 Å². The minimum absolute atomic E-state index is 0.0681. The monoisotopic (exact) mass is 487 g/mol. The highest BCUT2D eigenvalue weighted by molar-refractivity contribution is 5.94. The minimum Gasteiger partial charge on any atom is -0.453 e. The lowest BCUT2D eigenvalue weighted by molar-refractivity contribution is -0.119. The summed E-state index contributed by atoms with van der Waals surface area (Å²) in [7, 11) is 1.36. The van der Waals surface area contributed by atoms with Gasteiger partial charge in [0.2, 0.25) is 5.91 Å². The van der Waals surface area contributed by atoms with Crippen molar-refractivity contribution in [1.29, 1.82) is 5.26 Å². The number of cyclic esters (lactones) is 1. The number of pyridine rings is 1. The van der Waals surface area contributed by atoms with Gasteiger partial charge < -0.3 is 19.7 Å². The molecule has 4 heterocycles. The number of nitriles is 1. The second-order valence-electron chi connectivity index (χ2n) is 9.85. The van der Waals surface area contributed by atoms with E-state index in [1.165, 1.54) is 14.0 Å². The summed E-state index contributed by atoms with van der Waals surface area (Å²) >= 11 is 0. The van der Waals surface area contributed by atoms with Crippen LogP contribution in [0.5, 0.6) is 0 Å². The van der Waals surface area contributed by atoms with Gasteiger partial charge in [0.1, 0.15) is 11.5 Å². The zero-order valence-corrected chi connectivity index (χ0v) is 19.9. The van der Waals surface area contributed by atoms with Crippen molar-refractivity contribution in [3.05, 3.63) is 47.8 Å². The molecule has 1 saturated carbocycles. The summed E-state index contributed by atoms with van der Waals surface area (Å²) in [5.74, 6) is -0.0239. The lowest BCUT2D eigenvalue weighted by Gasteiger charge is -2.21. The molecule has 2 aromatic rings. The van der Waals surface area contributed by atoms with E-state index in [4.69, 9.17) is 9.47 Å². The van der Waals surface area contributed by atoms with Gasteiger partial charge in [0, 0.05) is 43.6 Å². The fourth-order valence-electron chi connectivity index (χ4n) is 6.20. The molecule has 2 saturated heterocycles. The van der Waals surface area contributed by atoms with E-state index < -0.39 is 17.6 Å². The number of amides is 3. The molecule has 6 rings (SSSR count). The van der Waals surface area contributed by atoms with Crippen LogP contribution in [0.15, 0.2) is 36.5 Å². The normalized spacial score (nSPS) is 29.1. The van der Waals surface area contributed by atoms with Crippen LogP contribution in [0.4, 0.5) is 15.3 Å². The first-order valence-corrected chi connectivity index (χ1v) is 12.0. The highest BCUT2D eigenvalue weighted by Gasteiger charge is 2.71. The van der Waals surface area contributed by atoms with E-state index in [-0.39, 0.29) is 36.4 Å². The third-order valence-corrected chi connectivity index (χ3v) is 8.05. The zero-order valence-electron chi connectivity index (χ0n) is 19.9. The Morgan fingerprint density at radius 2 is 2.00 bits per heavy atom. The number of methoxy groups -OCH3 is 1. The van der Waals surface area contributed by atoms with Crippen LogP contribution in [0.2, 0.25) is 0 Å². The van der Waals surface area contributed by atoms with Gasteiger partial charge in [-0.25, -0.2) is 9.59 Å². The third-order valence-electron chi connectivity index (χ3n) is 8.05. The second-order valence-corrected chi connectivity index (χ2v) is 9.85. The molecule has 4 aliphatic rings. The summed E-state index contributed by atoms with van der Waals surface area (Å²) in [4.78, 5) is 43.6. The van der Waals surface area contributed by atoms with Gasteiger partial charge in [-0.3, -0.25) is 14.7 Å². The van der Waals surface area contributed by atoms with E-state index in [9.17, 15) is 19.6 Å². The van der Waals surface area contributed by atoms with Crippen molar-refractivity contribution >= 4 is 23.8 Å². The average molecular weight is 488 g/mol. The van der Waals surface area contributed by atoms with Gasteiger partial charge in [-0.05, 0) is 35.7 Å². The van der Waals surface area contributed by atoms with E-state index in [0.29, 0.717) is 19.5 Å². The summed E-state index contributed by atoms with van der Waals surface area (Å²) in [5, 5.41) is 12.7. The number of benzene rings is 1. The Bertz CT molecular complexity index is 1310. The van der Waals surface area contributed by atoms with E-state index in [2.05, 4.69) is 22.4 Å². The second kappa shape index (κ2) is 7.95. The number of hydrogen-bond donors (Lipinski definition) is 1. The van der Waals surface area contributed by atoms with Crippen molar-refractivity contribution in [2.75, 3.05) is 31.6 Å². The van der Waals surface area contributed by atoms with Crippen molar-refractivity contribution in [1.82, 2.24) is 15.2 Å². The van der Waals surface area contributed by atoms with Crippen LogP contribution in [0.3, 0.4) is 0 Å². The molecule has 10 heteroatoms. The number of aromatic nitrogens is 1. The Kier molecular flexibility index (Phi) is 4.93. The van der Waals surface area contributed by atoms with Gasteiger partial charge in [-0.2, -0.15) is 5.26 Å². The summed E-state index contributed by atoms with van der Waals surface area (Å²) in [6.07, 6.45) is 1.28. The number of piperidine rings is 1. The summed E-state index contributed by atoms with van der Waals surface area (Å²) in [5.41, 5.74) is 3.83. The van der Waals surface area contributed by atoms with Crippen LogP contribution in [0.25, 0.3) is 11.1 Å². The number of hydrogen-bond acceptors (Lipinski definition) is 7. The Morgan fingerprint density at radius 3 is 2.64 bits per heavy atom. The van der Waals surface area contributed by atoms with Crippen molar-refractivity contribution < 1.29 is 23.9 Å². The molecule has 1 aromatic heterocycles. The fraction of sp³-hybridized carbons (Fsp3) is 0.423. The molecular formula is C26H25N5O5. The van der Waals surface area contributed by atoms with Crippen LogP contribution in [0.1, 0.15) is 18.2 Å². The average Bonchev–Trinajstić information content (AvgIpc) is 3.26. The van der Waals surface area contributed by atoms with E-state index in [1.807, 2.05) is 24.3 Å². The molecule has 0 bridgehead atoms. The first-order valence-electron chi connectivity index (χ1n) is 12.0. The van der Waals surface area contributed by atoms with Crippen molar-refractivity contribution in [2.24, 2.45) is 11.8 Å². The van der Waals surface area contributed by atoms with Gasteiger partial charge >= 0.3 is 12.2 Å². The van der Waals surface area contributed by atoms with Crippen molar-refractivity contribution in [2.45, 2.75) is 30.9 Å². The Labute approximate surface area is 207 Å². The predicted octanol–water partition coefficient (Wildman–Crippen LogP) is 2.22. The minimum atomic E-state index is -0.658. The molecule has 184 valence electrons. The topological polar surface area (TPSA) is 125 Å². The molecule has 36 heavy (non-hydrogen) atoms. The number of nitrogens with one attached hydrogen (secondary N) is 1. The molecule has 1 aromatic carbocycles. The molecule has 0 unspecified atom stereocenters. The number of likely N-dealkylation sites (tertiary alicyclic amines) is 1. The number of anilines is 1. The van der Waals surface area contributed by atoms with Crippen molar-refractivity contribution in [3.63, 3.8) is 0 Å². The van der Waals surface area contributed by atoms with Gasteiger partial charge in [0.05, 0.1) is 37.1 Å². The lowest BCUT2D eigenvalue weighted by atomic mass is 9.95. The summed E-state index contributed by atoms with van der Waals surface area (Å²) in [6, 6.07) is 12.1. The highest BCUT2D eigenvalue weighted by atomic mass is 16.6. The number of rotatable bonds is 4. The SMILES string of the molecule is COC(=O)N1C[C@@H]2[C@H](C1)[C@@]2(C#N)c1ccc(-c2ccc3c(c2)C[C@H]2[C@H](CNC(C)=O)OC(=O)N32)cn1. The zero-order chi connectivity index (χ0) is 25.2. The molecule has 0 radical (unpaired) electrons. The number of fused-ring (bicyclic) bond motifs is 4. The summed E-state index contributed by atoms with van der Waals surface area (Å²) in [6.45, 7) is 2.73. The van der Waals surface area contributed by atoms with Gasteiger partial charge in [-0.1, -0.05) is 12.1 Å². The maximum absolute atomic E-state index is 12.5. The molecule has 1 aliphatic carbocycles. The molecule has 3 amide bonds. The van der Waals surface area contributed by atoms with Crippen LogP contribution < -0.4 is 10.2 Å².